The molecule has 0 bridgehead atoms. The first-order valence-electron chi connectivity index (χ1n) is 7.26. The zero-order valence-electron chi connectivity index (χ0n) is 13.3. The van der Waals surface area contributed by atoms with Crippen molar-refractivity contribution in [3.8, 4) is 0 Å². The predicted molar refractivity (Wildman–Crippen MR) is 87.2 cm³/mol. The summed E-state index contributed by atoms with van der Waals surface area (Å²) in [4.78, 5) is 9.36. The third-order valence-corrected chi connectivity index (χ3v) is 3.88. The second-order valence-corrected chi connectivity index (χ2v) is 6.40. The van der Waals surface area contributed by atoms with Gasteiger partial charge in [-0.05, 0) is 34.2 Å². The molecular formula is C15H26BrN3O. The van der Waals surface area contributed by atoms with E-state index in [1.807, 2.05) is 0 Å². The van der Waals surface area contributed by atoms with E-state index in [1.54, 1.807) is 7.11 Å². The van der Waals surface area contributed by atoms with Gasteiger partial charge in [-0.25, -0.2) is 9.97 Å². The Morgan fingerprint density at radius 3 is 2.30 bits per heavy atom. The molecule has 1 heterocycles. The Bertz CT molecular complexity index is 435. The van der Waals surface area contributed by atoms with Gasteiger partial charge in [0, 0.05) is 13.7 Å². The van der Waals surface area contributed by atoms with Crippen molar-refractivity contribution < 1.29 is 4.74 Å². The van der Waals surface area contributed by atoms with Gasteiger partial charge in [0.15, 0.2) is 5.82 Å². The minimum Gasteiger partial charge on any atom is -0.373 e. The van der Waals surface area contributed by atoms with E-state index in [-0.39, 0.29) is 6.10 Å². The summed E-state index contributed by atoms with van der Waals surface area (Å²) >= 11 is 3.63. The van der Waals surface area contributed by atoms with Crippen LogP contribution in [0.2, 0.25) is 0 Å². The van der Waals surface area contributed by atoms with Crippen LogP contribution in [-0.2, 0) is 4.74 Å². The number of anilines is 1. The van der Waals surface area contributed by atoms with Gasteiger partial charge < -0.3 is 10.1 Å². The van der Waals surface area contributed by atoms with Crippen LogP contribution in [0.15, 0.2) is 4.47 Å². The lowest BCUT2D eigenvalue weighted by Gasteiger charge is -2.21. The summed E-state index contributed by atoms with van der Waals surface area (Å²) < 4.78 is 6.53. The molecule has 1 unspecified atom stereocenters. The van der Waals surface area contributed by atoms with Crippen molar-refractivity contribution in [1.29, 1.82) is 0 Å². The molecule has 0 aliphatic rings. The summed E-state index contributed by atoms with van der Waals surface area (Å²) in [7, 11) is 1.71. The Hall–Kier alpha value is -0.680. The van der Waals surface area contributed by atoms with Gasteiger partial charge >= 0.3 is 0 Å². The number of hydrogen-bond donors (Lipinski definition) is 1. The topological polar surface area (TPSA) is 47.0 Å². The summed E-state index contributed by atoms with van der Waals surface area (Å²) in [5, 5.41) is 3.36. The average Bonchev–Trinajstić information content (AvgIpc) is 2.38. The molecule has 1 aromatic heterocycles. The molecule has 1 aromatic rings. The second kappa shape index (κ2) is 7.93. The van der Waals surface area contributed by atoms with E-state index >= 15 is 0 Å². The van der Waals surface area contributed by atoms with Crippen molar-refractivity contribution in [2.45, 2.75) is 53.1 Å². The van der Waals surface area contributed by atoms with Gasteiger partial charge in [0.05, 0.1) is 10.2 Å². The minimum absolute atomic E-state index is 0.0808. The number of methoxy groups -OCH3 is 1. The van der Waals surface area contributed by atoms with Crippen molar-refractivity contribution in [3.63, 3.8) is 0 Å². The SMILES string of the molecule is CCCNc1nc(C(OC)C(C)C)nc(C(C)C)c1Br. The maximum atomic E-state index is 5.56. The highest BCUT2D eigenvalue weighted by Gasteiger charge is 2.22. The van der Waals surface area contributed by atoms with Gasteiger partial charge in [-0.15, -0.1) is 0 Å². The molecule has 1 N–H and O–H groups in total. The number of halogens is 1. The highest BCUT2D eigenvalue weighted by atomic mass is 79.9. The van der Waals surface area contributed by atoms with Crippen LogP contribution in [0.4, 0.5) is 5.82 Å². The zero-order valence-corrected chi connectivity index (χ0v) is 14.9. The van der Waals surface area contributed by atoms with Crippen molar-refractivity contribution in [2.24, 2.45) is 5.92 Å². The summed E-state index contributed by atoms with van der Waals surface area (Å²) in [6.07, 6.45) is 0.975. The number of nitrogens with zero attached hydrogens (tertiary/aromatic N) is 2. The fourth-order valence-electron chi connectivity index (χ4n) is 2.03. The lowest BCUT2D eigenvalue weighted by Crippen LogP contribution is -2.17. The molecule has 1 rings (SSSR count). The van der Waals surface area contributed by atoms with Crippen LogP contribution < -0.4 is 5.32 Å². The van der Waals surface area contributed by atoms with E-state index in [2.05, 4.69) is 60.8 Å². The standard InChI is InChI=1S/C15H26BrN3O/c1-7-8-17-14-11(16)12(9(2)3)18-15(19-14)13(20-6)10(4)5/h9-10,13H,7-8H2,1-6H3,(H,17,18,19). The fraction of sp³-hybridized carbons (Fsp3) is 0.733. The van der Waals surface area contributed by atoms with E-state index in [1.165, 1.54) is 0 Å². The van der Waals surface area contributed by atoms with Crippen molar-refractivity contribution in [3.05, 3.63) is 16.0 Å². The summed E-state index contributed by atoms with van der Waals surface area (Å²) in [6.45, 7) is 11.5. The Morgan fingerprint density at radius 2 is 1.85 bits per heavy atom. The largest absolute Gasteiger partial charge is 0.373 e. The minimum atomic E-state index is -0.0808. The van der Waals surface area contributed by atoms with Gasteiger partial charge in [-0.1, -0.05) is 34.6 Å². The molecule has 20 heavy (non-hydrogen) atoms. The highest BCUT2D eigenvalue weighted by Crippen LogP contribution is 2.32. The predicted octanol–water partition coefficient (Wildman–Crippen LogP) is 4.53. The first kappa shape index (κ1) is 17.4. The Labute approximate surface area is 130 Å². The average molecular weight is 344 g/mol. The number of hydrogen-bond acceptors (Lipinski definition) is 4. The van der Waals surface area contributed by atoms with E-state index in [0.717, 1.165) is 34.8 Å². The third-order valence-electron chi connectivity index (χ3n) is 3.10. The van der Waals surface area contributed by atoms with E-state index in [4.69, 9.17) is 9.72 Å². The summed E-state index contributed by atoms with van der Waals surface area (Å²) in [5.74, 6) is 2.29. The normalized spacial score (nSPS) is 13.1. The number of aromatic nitrogens is 2. The van der Waals surface area contributed by atoms with Gasteiger partial charge in [0.2, 0.25) is 0 Å². The van der Waals surface area contributed by atoms with E-state index in [0.29, 0.717) is 11.8 Å². The van der Waals surface area contributed by atoms with Gasteiger partial charge in [0.25, 0.3) is 0 Å². The molecule has 0 aliphatic heterocycles. The smallest absolute Gasteiger partial charge is 0.160 e. The molecule has 114 valence electrons. The molecule has 4 nitrogen and oxygen atoms in total. The fourth-order valence-corrected chi connectivity index (χ4v) is 2.80. The lowest BCUT2D eigenvalue weighted by molar-refractivity contribution is 0.0573. The number of nitrogens with one attached hydrogen (secondary N) is 1. The molecular weight excluding hydrogens is 318 g/mol. The maximum absolute atomic E-state index is 5.56. The Balaban J connectivity index is 3.27. The molecule has 0 spiro atoms. The van der Waals surface area contributed by atoms with Crippen LogP contribution in [0.25, 0.3) is 0 Å². The van der Waals surface area contributed by atoms with Crippen molar-refractivity contribution in [1.82, 2.24) is 9.97 Å². The second-order valence-electron chi connectivity index (χ2n) is 5.61. The molecule has 0 radical (unpaired) electrons. The van der Waals surface area contributed by atoms with Gasteiger partial charge in [0.1, 0.15) is 11.9 Å². The molecule has 5 heteroatoms. The Kier molecular flexibility index (Phi) is 6.89. The van der Waals surface area contributed by atoms with Crippen LogP contribution in [-0.4, -0.2) is 23.6 Å². The van der Waals surface area contributed by atoms with Crippen LogP contribution in [0.1, 0.15) is 64.6 Å². The highest BCUT2D eigenvalue weighted by molar-refractivity contribution is 9.10. The first-order chi connectivity index (χ1) is 9.42. The Morgan fingerprint density at radius 1 is 1.20 bits per heavy atom. The third kappa shape index (κ3) is 4.16. The van der Waals surface area contributed by atoms with Crippen molar-refractivity contribution >= 4 is 21.7 Å². The van der Waals surface area contributed by atoms with Crippen LogP contribution in [0.5, 0.6) is 0 Å². The quantitative estimate of drug-likeness (QED) is 0.790. The maximum Gasteiger partial charge on any atom is 0.160 e. The molecule has 1 atom stereocenters. The number of ether oxygens (including phenoxy) is 1. The summed E-state index contributed by atoms with van der Waals surface area (Å²) in [5.41, 5.74) is 1.02. The molecule has 0 saturated carbocycles. The van der Waals surface area contributed by atoms with E-state index in [9.17, 15) is 0 Å². The van der Waals surface area contributed by atoms with E-state index < -0.39 is 0 Å². The zero-order chi connectivity index (χ0) is 15.3. The molecule has 0 fully saturated rings. The van der Waals surface area contributed by atoms with Crippen LogP contribution in [0, 0.1) is 5.92 Å². The molecule has 0 amide bonds. The van der Waals surface area contributed by atoms with Gasteiger partial charge in [-0.3, -0.25) is 0 Å². The number of rotatable bonds is 7. The van der Waals surface area contributed by atoms with Crippen LogP contribution >= 0.6 is 15.9 Å². The van der Waals surface area contributed by atoms with Crippen molar-refractivity contribution in [2.75, 3.05) is 19.0 Å². The monoisotopic (exact) mass is 343 g/mol. The molecule has 0 saturated heterocycles. The van der Waals surface area contributed by atoms with Crippen LogP contribution in [0.3, 0.4) is 0 Å². The van der Waals surface area contributed by atoms with Gasteiger partial charge in [-0.2, -0.15) is 0 Å². The molecule has 0 aromatic carbocycles. The lowest BCUT2D eigenvalue weighted by atomic mass is 10.1. The molecule has 0 aliphatic carbocycles. The first-order valence-corrected chi connectivity index (χ1v) is 8.05. The summed E-state index contributed by atoms with van der Waals surface area (Å²) in [6, 6.07) is 0.